The Morgan fingerprint density at radius 1 is 1.23 bits per heavy atom. The van der Waals surface area contributed by atoms with E-state index in [0.29, 0.717) is 22.5 Å². The highest BCUT2D eigenvalue weighted by Crippen LogP contribution is 2.40. The fourth-order valence-corrected chi connectivity index (χ4v) is 3.43. The quantitative estimate of drug-likeness (QED) is 0.485. The van der Waals surface area contributed by atoms with E-state index in [4.69, 9.17) is 4.74 Å². The standard InChI is InChI=1S/C18H14BrN5OS/c1-2-9-26-18-22-17-15(23-24-18)13-10-12(19)3-4-14(13)21-16(25-17)11-5-7-20-8-6-11/h2-8,10,16,21H,1,9H2. The second-order valence-electron chi connectivity index (χ2n) is 5.46. The summed E-state index contributed by atoms with van der Waals surface area (Å²) >= 11 is 4.97. The van der Waals surface area contributed by atoms with Crippen molar-refractivity contribution in [3.63, 3.8) is 0 Å². The smallest absolute Gasteiger partial charge is 0.247 e. The Labute approximate surface area is 163 Å². The van der Waals surface area contributed by atoms with E-state index in [1.165, 1.54) is 11.8 Å². The molecule has 1 aromatic carbocycles. The summed E-state index contributed by atoms with van der Waals surface area (Å²) in [5.41, 5.74) is 3.33. The molecular weight excluding hydrogens is 414 g/mol. The number of hydrogen-bond donors (Lipinski definition) is 1. The SMILES string of the molecule is C=CCSc1nnc2c(n1)OC(c1ccncc1)Nc1ccc(Br)cc1-2. The number of ether oxygens (including phenoxy) is 1. The van der Waals surface area contributed by atoms with Gasteiger partial charge in [0.25, 0.3) is 0 Å². The third kappa shape index (κ3) is 3.42. The van der Waals surface area contributed by atoms with E-state index in [9.17, 15) is 0 Å². The fraction of sp³-hybridized carbons (Fsp3) is 0.111. The van der Waals surface area contributed by atoms with Crippen molar-refractivity contribution in [2.75, 3.05) is 11.1 Å². The van der Waals surface area contributed by atoms with E-state index in [1.807, 2.05) is 30.3 Å². The summed E-state index contributed by atoms with van der Waals surface area (Å²) in [6, 6.07) is 9.74. The summed E-state index contributed by atoms with van der Waals surface area (Å²) in [7, 11) is 0. The van der Waals surface area contributed by atoms with E-state index in [2.05, 4.69) is 48.0 Å². The van der Waals surface area contributed by atoms with Gasteiger partial charge in [-0.25, -0.2) is 0 Å². The first-order valence-corrected chi connectivity index (χ1v) is 9.64. The van der Waals surface area contributed by atoms with Gasteiger partial charge >= 0.3 is 0 Å². The molecule has 2 aromatic heterocycles. The summed E-state index contributed by atoms with van der Waals surface area (Å²) in [5.74, 6) is 1.15. The van der Waals surface area contributed by atoms with E-state index >= 15 is 0 Å². The molecule has 4 rings (SSSR count). The van der Waals surface area contributed by atoms with Gasteiger partial charge in [0.05, 0.1) is 0 Å². The predicted octanol–water partition coefficient (Wildman–Crippen LogP) is 4.48. The molecule has 3 aromatic rings. The average molecular weight is 428 g/mol. The molecule has 130 valence electrons. The van der Waals surface area contributed by atoms with Crippen LogP contribution < -0.4 is 10.1 Å². The molecule has 6 nitrogen and oxygen atoms in total. The summed E-state index contributed by atoms with van der Waals surface area (Å²) in [4.78, 5) is 8.63. The monoisotopic (exact) mass is 427 g/mol. The second kappa shape index (κ2) is 7.43. The van der Waals surface area contributed by atoms with Crippen molar-refractivity contribution in [3.05, 3.63) is 65.4 Å². The molecule has 0 saturated carbocycles. The van der Waals surface area contributed by atoms with E-state index in [0.717, 1.165) is 21.3 Å². The molecule has 1 aliphatic heterocycles. The Kier molecular flexibility index (Phi) is 4.85. The van der Waals surface area contributed by atoms with Crippen LogP contribution in [-0.2, 0) is 0 Å². The van der Waals surface area contributed by atoms with Crippen LogP contribution in [0.3, 0.4) is 0 Å². The van der Waals surface area contributed by atoms with Crippen molar-refractivity contribution in [2.24, 2.45) is 0 Å². The molecule has 26 heavy (non-hydrogen) atoms. The molecule has 0 amide bonds. The summed E-state index contributed by atoms with van der Waals surface area (Å²) in [6.07, 6.45) is 4.86. The van der Waals surface area contributed by atoms with Gasteiger partial charge in [-0.3, -0.25) is 4.98 Å². The van der Waals surface area contributed by atoms with Gasteiger partial charge in [0, 0.05) is 39.4 Å². The normalized spacial score (nSPS) is 15.0. The molecule has 0 bridgehead atoms. The Morgan fingerprint density at radius 2 is 2.08 bits per heavy atom. The highest BCUT2D eigenvalue weighted by Gasteiger charge is 2.26. The molecule has 8 heteroatoms. The van der Waals surface area contributed by atoms with E-state index in [1.54, 1.807) is 18.5 Å². The van der Waals surface area contributed by atoms with Crippen LogP contribution in [0.4, 0.5) is 5.69 Å². The minimum Gasteiger partial charge on any atom is -0.448 e. The lowest BCUT2D eigenvalue weighted by Crippen LogP contribution is -2.17. The van der Waals surface area contributed by atoms with E-state index < -0.39 is 6.23 Å². The summed E-state index contributed by atoms with van der Waals surface area (Å²) in [5, 5.41) is 12.6. The minimum absolute atomic E-state index is 0.409. The largest absolute Gasteiger partial charge is 0.448 e. The molecule has 1 aliphatic rings. The number of nitrogens with zero attached hydrogens (tertiary/aromatic N) is 4. The van der Waals surface area contributed by atoms with E-state index in [-0.39, 0.29) is 0 Å². The number of nitrogens with one attached hydrogen (secondary N) is 1. The van der Waals surface area contributed by atoms with Gasteiger partial charge in [0.15, 0.2) is 11.9 Å². The first-order chi connectivity index (χ1) is 12.7. The first-order valence-electron chi connectivity index (χ1n) is 7.86. The van der Waals surface area contributed by atoms with Crippen LogP contribution in [0.2, 0.25) is 0 Å². The lowest BCUT2D eigenvalue weighted by atomic mass is 10.1. The molecule has 0 radical (unpaired) electrons. The van der Waals surface area contributed by atoms with Crippen LogP contribution in [0, 0.1) is 0 Å². The number of anilines is 1. The number of rotatable bonds is 4. The molecule has 1 atom stereocenters. The third-order valence-electron chi connectivity index (χ3n) is 3.73. The maximum atomic E-state index is 6.18. The third-order valence-corrected chi connectivity index (χ3v) is 5.05. The van der Waals surface area contributed by atoms with Crippen molar-refractivity contribution in [2.45, 2.75) is 11.4 Å². The fourth-order valence-electron chi connectivity index (χ4n) is 2.55. The van der Waals surface area contributed by atoms with Gasteiger partial charge in [-0.15, -0.1) is 16.8 Å². The number of hydrogen-bond acceptors (Lipinski definition) is 7. The van der Waals surface area contributed by atoms with Gasteiger partial charge in [0.2, 0.25) is 11.0 Å². The van der Waals surface area contributed by atoms with Crippen molar-refractivity contribution >= 4 is 33.4 Å². The van der Waals surface area contributed by atoms with Crippen LogP contribution in [0.15, 0.2) is 65.0 Å². The Morgan fingerprint density at radius 3 is 2.88 bits per heavy atom. The Hall–Kier alpha value is -2.45. The molecular formula is C18H14BrN5OS. The zero-order valence-corrected chi connectivity index (χ0v) is 16.0. The van der Waals surface area contributed by atoms with Crippen LogP contribution in [-0.4, -0.2) is 25.9 Å². The number of halogens is 1. The molecule has 1 N–H and O–H groups in total. The van der Waals surface area contributed by atoms with Crippen LogP contribution >= 0.6 is 27.7 Å². The highest BCUT2D eigenvalue weighted by atomic mass is 79.9. The Bertz CT molecular complexity index is 954. The van der Waals surface area contributed by atoms with Crippen LogP contribution in [0.25, 0.3) is 11.3 Å². The van der Waals surface area contributed by atoms with Gasteiger partial charge in [-0.2, -0.15) is 4.98 Å². The van der Waals surface area contributed by atoms with Gasteiger partial charge in [0.1, 0.15) is 0 Å². The van der Waals surface area contributed by atoms with Crippen molar-refractivity contribution in [3.8, 4) is 17.1 Å². The maximum Gasteiger partial charge on any atom is 0.247 e. The van der Waals surface area contributed by atoms with Crippen LogP contribution in [0.5, 0.6) is 5.88 Å². The number of fused-ring (bicyclic) bond motifs is 3. The second-order valence-corrected chi connectivity index (χ2v) is 7.36. The van der Waals surface area contributed by atoms with Crippen molar-refractivity contribution in [1.82, 2.24) is 20.2 Å². The van der Waals surface area contributed by atoms with Crippen molar-refractivity contribution < 1.29 is 4.74 Å². The molecule has 1 unspecified atom stereocenters. The number of thioether (sulfide) groups is 1. The topological polar surface area (TPSA) is 72.8 Å². The minimum atomic E-state index is -0.409. The van der Waals surface area contributed by atoms with Crippen molar-refractivity contribution in [1.29, 1.82) is 0 Å². The zero-order chi connectivity index (χ0) is 17.9. The highest BCUT2D eigenvalue weighted by molar-refractivity contribution is 9.10. The molecule has 0 spiro atoms. The number of pyridine rings is 1. The zero-order valence-electron chi connectivity index (χ0n) is 13.6. The average Bonchev–Trinajstić information content (AvgIpc) is 2.83. The first kappa shape index (κ1) is 17.0. The number of benzene rings is 1. The molecule has 3 heterocycles. The summed E-state index contributed by atoms with van der Waals surface area (Å²) < 4.78 is 7.12. The summed E-state index contributed by atoms with van der Waals surface area (Å²) in [6.45, 7) is 3.72. The van der Waals surface area contributed by atoms with Gasteiger partial charge < -0.3 is 10.1 Å². The number of aromatic nitrogens is 4. The molecule has 0 aliphatic carbocycles. The Balaban J connectivity index is 1.83. The lowest BCUT2D eigenvalue weighted by molar-refractivity contribution is 0.225. The van der Waals surface area contributed by atoms with Gasteiger partial charge in [-0.05, 0) is 30.3 Å². The lowest BCUT2D eigenvalue weighted by Gasteiger charge is -2.19. The van der Waals surface area contributed by atoms with Gasteiger partial charge in [-0.1, -0.05) is 33.8 Å². The molecule has 0 fully saturated rings. The predicted molar refractivity (Wildman–Crippen MR) is 105 cm³/mol. The molecule has 0 saturated heterocycles. The van der Waals surface area contributed by atoms with Crippen LogP contribution in [0.1, 0.15) is 11.8 Å². The maximum absolute atomic E-state index is 6.18.